The second-order valence-corrected chi connectivity index (χ2v) is 7.41. The summed E-state index contributed by atoms with van der Waals surface area (Å²) in [6, 6.07) is 12.2. The van der Waals surface area contributed by atoms with Gasteiger partial charge in [-0.25, -0.2) is 8.42 Å². The first-order chi connectivity index (χ1) is 9.12. The third-order valence-corrected chi connectivity index (χ3v) is 5.83. The quantitative estimate of drug-likeness (QED) is 0.861. The van der Waals surface area contributed by atoms with Crippen LogP contribution in [-0.2, 0) is 10.0 Å². The first-order valence-electron chi connectivity index (χ1n) is 5.28. The highest BCUT2D eigenvalue weighted by atomic mass is 32.2. The molecule has 0 atom stereocenters. The molecule has 0 bridgehead atoms. The van der Waals surface area contributed by atoms with E-state index >= 15 is 0 Å². The van der Waals surface area contributed by atoms with Crippen molar-refractivity contribution in [3.8, 4) is 6.07 Å². The molecule has 0 spiro atoms. The average Bonchev–Trinajstić information content (AvgIpc) is 2.92. The maximum absolute atomic E-state index is 12.0. The van der Waals surface area contributed by atoms with Gasteiger partial charge in [-0.15, -0.1) is 23.1 Å². The summed E-state index contributed by atoms with van der Waals surface area (Å²) in [5, 5.41) is 10.2. The molecule has 1 N–H and O–H groups in total. The number of nitriles is 1. The highest BCUT2D eigenvalue weighted by Gasteiger charge is 2.14. The maximum Gasteiger partial charge on any atom is 0.271 e. The third kappa shape index (κ3) is 3.73. The number of nitrogens with one attached hydrogen (secondary N) is 1. The van der Waals surface area contributed by atoms with Crippen LogP contribution in [0.2, 0.25) is 0 Å². The lowest BCUT2D eigenvalue weighted by molar-refractivity contribution is 0.603. The van der Waals surface area contributed by atoms with E-state index in [1.165, 1.54) is 23.1 Å². The number of hydrogen-bond donors (Lipinski definition) is 1. The number of benzene rings is 1. The molecule has 0 fully saturated rings. The molecule has 0 unspecified atom stereocenters. The second-order valence-electron chi connectivity index (χ2n) is 3.51. The van der Waals surface area contributed by atoms with Gasteiger partial charge in [0.15, 0.2) is 0 Å². The van der Waals surface area contributed by atoms with Gasteiger partial charge in [0.2, 0.25) is 0 Å². The van der Waals surface area contributed by atoms with E-state index in [-0.39, 0.29) is 4.21 Å². The monoisotopic (exact) mass is 310 g/mol. The Hall–Kier alpha value is -1.49. The van der Waals surface area contributed by atoms with E-state index in [0.717, 1.165) is 4.90 Å². The molecular weight excluding hydrogens is 300 g/mol. The van der Waals surface area contributed by atoms with Crippen LogP contribution in [0.3, 0.4) is 0 Å². The van der Waals surface area contributed by atoms with E-state index in [4.69, 9.17) is 5.26 Å². The van der Waals surface area contributed by atoms with Gasteiger partial charge in [-0.05, 0) is 35.7 Å². The van der Waals surface area contributed by atoms with Crippen LogP contribution < -0.4 is 4.72 Å². The number of anilines is 1. The largest absolute Gasteiger partial charge is 0.279 e. The fourth-order valence-corrected chi connectivity index (χ4v) is 3.97. The topological polar surface area (TPSA) is 70.0 Å². The molecule has 4 nitrogen and oxygen atoms in total. The minimum absolute atomic E-state index is 0.287. The Morgan fingerprint density at radius 3 is 2.58 bits per heavy atom. The zero-order chi connectivity index (χ0) is 13.7. The molecule has 7 heteroatoms. The standard InChI is InChI=1S/C12H10N2O2S3/c13-7-9-17-11-5-3-10(4-6-11)14-19(15,16)12-2-1-8-18-12/h1-6,8,14H,9H2. The minimum atomic E-state index is -3.49. The molecule has 0 aliphatic carbocycles. The van der Waals surface area contributed by atoms with Crippen LogP contribution in [0.1, 0.15) is 0 Å². The van der Waals surface area contributed by atoms with Crippen molar-refractivity contribution < 1.29 is 8.42 Å². The van der Waals surface area contributed by atoms with Gasteiger partial charge < -0.3 is 0 Å². The van der Waals surface area contributed by atoms with Gasteiger partial charge in [-0.1, -0.05) is 6.07 Å². The summed E-state index contributed by atoms with van der Waals surface area (Å²) < 4.78 is 26.7. The highest BCUT2D eigenvalue weighted by Crippen LogP contribution is 2.23. The molecule has 0 radical (unpaired) electrons. The van der Waals surface area contributed by atoms with E-state index in [0.29, 0.717) is 11.4 Å². The minimum Gasteiger partial charge on any atom is -0.279 e. The Kier molecular flexibility index (Phi) is 4.47. The molecule has 1 aromatic heterocycles. The SMILES string of the molecule is N#CCSc1ccc(NS(=O)(=O)c2cccs2)cc1. The Morgan fingerprint density at radius 2 is 2.00 bits per heavy atom. The molecular formula is C12H10N2O2S3. The zero-order valence-electron chi connectivity index (χ0n) is 9.74. The van der Waals surface area contributed by atoms with Gasteiger partial charge in [0, 0.05) is 10.6 Å². The van der Waals surface area contributed by atoms with Gasteiger partial charge in [0.05, 0.1) is 11.8 Å². The Labute approximate surface area is 120 Å². The van der Waals surface area contributed by atoms with Crippen molar-refractivity contribution in [1.82, 2.24) is 0 Å². The number of nitrogens with zero attached hydrogens (tertiary/aromatic N) is 1. The van der Waals surface area contributed by atoms with Crippen molar-refractivity contribution in [3.63, 3.8) is 0 Å². The number of thiophene rings is 1. The van der Waals surface area contributed by atoms with Crippen LogP contribution in [0.5, 0.6) is 0 Å². The molecule has 0 saturated carbocycles. The molecule has 0 aliphatic rings. The van der Waals surface area contributed by atoms with Gasteiger partial charge in [-0.3, -0.25) is 4.72 Å². The third-order valence-electron chi connectivity index (χ3n) is 2.17. The van der Waals surface area contributed by atoms with E-state index in [1.807, 2.05) is 6.07 Å². The average molecular weight is 310 g/mol. The predicted molar refractivity (Wildman–Crippen MR) is 77.9 cm³/mol. The number of sulfonamides is 1. The fourth-order valence-electron chi connectivity index (χ4n) is 1.36. The van der Waals surface area contributed by atoms with E-state index in [1.54, 1.807) is 41.8 Å². The number of hydrogen-bond acceptors (Lipinski definition) is 5. The van der Waals surface area contributed by atoms with Gasteiger partial charge in [-0.2, -0.15) is 5.26 Å². The van der Waals surface area contributed by atoms with Crippen LogP contribution in [0.25, 0.3) is 0 Å². The van der Waals surface area contributed by atoms with Crippen molar-refractivity contribution in [1.29, 1.82) is 5.26 Å². The lowest BCUT2D eigenvalue weighted by Gasteiger charge is -2.06. The molecule has 2 aromatic rings. The molecule has 0 saturated heterocycles. The Balaban J connectivity index is 2.10. The Bertz CT molecular complexity index is 671. The van der Waals surface area contributed by atoms with Crippen molar-refractivity contribution in [3.05, 3.63) is 41.8 Å². The summed E-state index contributed by atoms with van der Waals surface area (Å²) >= 11 is 2.58. The van der Waals surface area contributed by atoms with Crippen molar-refractivity contribution >= 4 is 38.8 Å². The molecule has 0 amide bonds. The lowest BCUT2D eigenvalue weighted by atomic mass is 10.3. The number of thioether (sulfide) groups is 1. The fraction of sp³-hybridized carbons (Fsp3) is 0.0833. The van der Waals surface area contributed by atoms with Crippen LogP contribution in [0.4, 0.5) is 5.69 Å². The second kappa shape index (κ2) is 6.10. The van der Waals surface area contributed by atoms with Gasteiger partial charge in [0.1, 0.15) is 4.21 Å². The molecule has 0 aliphatic heterocycles. The summed E-state index contributed by atoms with van der Waals surface area (Å²) in [5.74, 6) is 0.375. The van der Waals surface area contributed by atoms with E-state index in [2.05, 4.69) is 4.72 Å². The molecule has 2 rings (SSSR count). The molecule has 98 valence electrons. The van der Waals surface area contributed by atoms with Gasteiger partial charge in [0.25, 0.3) is 10.0 Å². The van der Waals surface area contributed by atoms with Crippen molar-refractivity contribution in [2.24, 2.45) is 0 Å². The van der Waals surface area contributed by atoms with Crippen molar-refractivity contribution in [2.75, 3.05) is 10.5 Å². The van der Waals surface area contributed by atoms with Crippen LogP contribution in [0, 0.1) is 11.3 Å². The molecule has 19 heavy (non-hydrogen) atoms. The number of rotatable bonds is 5. The first-order valence-corrected chi connectivity index (χ1v) is 8.63. The normalized spacial score (nSPS) is 10.9. The van der Waals surface area contributed by atoms with E-state index in [9.17, 15) is 8.42 Å². The highest BCUT2D eigenvalue weighted by molar-refractivity contribution is 7.99. The summed E-state index contributed by atoms with van der Waals surface area (Å²) in [7, 11) is -3.49. The van der Waals surface area contributed by atoms with Crippen molar-refractivity contribution in [2.45, 2.75) is 9.10 Å². The molecule has 1 aromatic carbocycles. The molecule has 1 heterocycles. The first kappa shape index (κ1) is 13.9. The van der Waals surface area contributed by atoms with Crippen LogP contribution in [0.15, 0.2) is 50.9 Å². The summed E-state index contributed by atoms with van der Waals surface area (Å²) in [5.41, 5.74) is 0.509. The lowest BCUT2D eigenvalue weighted by Crippen LogP contribution is -2.11. The van der Waals surface area contributed by atoms with Crippen LogP contribution >= 0.6 is 23.1 Å². The summed E-state index contributed by atoms with van der Waals surface area (Å²) in [4.78, 5) is 0.931. The van der Waals surface area contributed by atoms with Crippen LogP contribution in [-0.4, -0.2) is 14.2 Å². The zero-order valence-corrected chi connectivity index (χ0v) is 12.2. The maximum atomic E-state index is 12.0. The predicted octanol–water partition coefficient (Wildman–Crippen LogP) is 3.16. The van der Waals surface area contributed by atoms with E-state index < -0.39 is 10.0 Å². The smallest absolute Gasteiger partial charge is 0.271 e. The Morgan fingerprint density at radius 1 is 1.26 bits per heavy atom. The van der Waals surface area contributed by atoms with Gasteiger partial charge >= 0.3 is 0 Å². The summed E-state index contributed by atoms with van der Waals surface area (Å²) in [6.45, 7) is 0. The summed E-state index contributed by atoms with van der Waals surface area (Å²) in [6.07, 6.45) is 0.